The van der Waals surface area contributed by atoms with Crippen molar-refractivity contribution in [2.75, 3.05) is 13.6 Å². The molecule has 0 aliphatic heterocycles. The van der Waals surface area contributed by atoms with Crippen molar-refractivity contribution in [3.05, 3.63) is 64.1 Å². The molecule has 1 heterocycles. The van der Waals surface area contributed by atoms with Gasteiger partial charge in [0.15, 0.2) is 0 Å². The summed E-state index contributed by atoms with van der Waals surface area (Å²) in [5, 5.41) is 4.21. The van der Waals surface area contributed by atoms with Crippen LogP contribution in [-0.4, -0.2) is 34.2 Å². The van der Waals surface area contributed by atoms with Gasteiger partial charge in [-0.05, 0) is 17.5 Å². The van der Waals surface area contributed by atoms with E-state index in [1.165, 1.54) is 16.8 Å². The fourth-order valence-corrected chi connectivity index (χ4v) is 2.26. The van der Waals surface area contributed by atoms with Crippen molar-refractivity contribution in [2.24, 2.45) is 5.92 Å². The van der Waals surface area contributed by atoms with Gasteiger partial charge >= 0.3 is 0 Å². The van der Waals surface area contributed by atoms with Crippen molar-refractivity contribution in [1.82, 2.24) is 14.7 Å². The van der Waals surface area contributed by atoms with E-state index < -0.39 is 0 Å². The van der Waals surface area contributed by atoms with Gasteiger partial charge < -0.3 is 4.90 Å². The van der Waals surface area contributed by atoms with Crippen LogP contribution in [0, 0.1) is 5.92 Å². The summed E-state index contributed by atoms with van der Waals surface area (Å²) < 4.78 is 1.33. The van der Waals surface area contributed by atoms with E-state index in [0.29, 0.717) is 24.7 Å². The average Bonchev–Trinajstić information content (AvgIpc) is 2.49. The molecule has 1 aromatic heterocycles. The molecule has 2 rings (SSSR count). The molecule has 1 aromatic carbocycles. The smallest absolute Gasteiger partial charge is 0.274 e. The van der Waals surface area contributed by atoms with Crippen LogP contribution in [0.1, 0.15) is 29.9 Å². The van der Waals surface area contributed by atoms with Crippen molar-refractivity contribution in [3.8, 4) is 0 Å². The van der Waals surface area contributed by atoms with E-state index in [-0.39, 0.29) is 11.5 Å². The standard InChI is InChI=1S/C17H21N3O2/c1-13(2)11-19(3)17(22)15-9-10-16(21)20(18-15)12-14-7-5-4-6-8-14/h4-10,13H,11-12H2,1-3H3. The second-order valence-corrected chi connectivity index (χ2v) is 5.78. The SMILES string of the molecule is CC(C)CN(C)C(=O)c1ccc(=O)n(Cc2ccccc2)n1. The van der Waals surface area contributed by atoms with Gasteiger partial charge in [0.1, 0.15) is 5.69 Å². The molecule has 0 atom stereocenters. The van der Waals surface area contributed by atoms with E-state index in [4.69, 9.17) is 0 Å². The van der Waals surface area contributed by atoms with Crippen LogP contribution in [0.2, 0.25) is 0 Å². The Morgan fingerprint density at radius 3 is 2.50 bits per heavy atom. The number of hydrogen-bond acceptors (Lipinski definition) is 3. The van der Waals surface area contributed by atoms with Gasteiger partial charge in [0, 0.05) is 19.7 Å². The normalized spacial score (nSPS) is 10.7. The third-order valence-electron chi connectivity index (χ3n) is 3.25. The number of benzene rings is 1. The van der Waals surface area contributed by atoms with Gasteiger partial charge in [-0.15, -0.1) is 0 Å². The van der Waals surface area contributed by atoms with E-state index in [1.54, 1.807) is 11.9 Å². The van der Waals surface area contributed by atoms with Gasteiger partial charge in [0.05, 0.1) is 6.54 Å². The second-order valence-electron chi connectivity index (χ2n) is 5.78. The number of amides is 1. The van der Waals surface area contributed by atoms with E-state index in [1.807, 2.05) is 44.2 Å². The molecule has 0 aliphatic carbocycles. The summed E-state index contributed by atoms with van der Waals surface area (Å²) in [6.07, 6.45) is 0. The molecule has 1 amide bonds. The summed E-state index contributed by atoms with van der Waals surface area (Å²) >= 11 is 0. The maximum Gasteiger partial charge on any atom is 0.274 e. The number of hydrogen-bond donors (Lipinski definition) is 0. The van der Waals surface area contributed by atoms with Crippen LogP contribution in [0.5, 0.6) is 0 Å². The Morgan fingerprint density at radius 2 is 1.86 bits per heavy atom. The number of carbonyl (C=O) groups excluding carboxylic acids is 1. The minimum Gasteiger partial charge on any atom is -0.340 e. The van der Waals surface area contributed by atoms with Gasteiger partial charge in [-0.25, -0.2) is 4.68 Å². The maximum absolute atomic E-state index is 12.3. The molecular formula is C17H21N3O2. The highest BCUT2D eigenvalue weighted by atomic mass is 16.2. The number of nitrogens with zero attached hydrogens (tertiary/aromatic N) is 3. The Morgan fingerprint density at radius 1 is 1.18 bits per heavy atom. The Hall–Kier alpha value is -2.43. The van der Waals surface area contributed by atoms with Crippen molar-refractivity contribution in [1.29, 1.82) is 0 Å². The van der Waals surface area contributed by atoms with Crippen LogP contribution < -0.4 is 5.56 Å². The zero-order valence-corrected chi connectivity index (χ0v) is 13.2. The maximum atomic E-state index is 12.3. The van der Waals surface area contributed by atoms with E-state index in [9.17, 15) is 9.59 Å². The predicted molar refractivity (Wildman–Crippen MR) is 85.8 cm³/mol. The lowest BCUT2D eigenvalue weighted by atomic mass is 10.2. The van der Waals surface area contributed by atoms with Crippen molar-refractivity contribution in [2.45, 2.75) is 20.4 Å². The summed E-state index contributed by atoms with van der Waals surface area (Å²) in [5.41, 5.74) is 1.04. The Balaban J connectivity index is 2.23. The molecule has 2 aromatic rings. The first-order valence-electron chi connectivity index (χ1n) is 7.35. The molecule has 22 heavy (non-hydrogen) atoms. The molecule has 0 saturated carbocycles. The minimum atomic E-state index is -0.216. The quantitative estimate of drug-likeness (QED) is 0.848. The number of rotatable bonds is 5. The van der Waals surface area contributed by atoms with Crippen LogP contribution in [-0.2, 0) is 6.54 Å². The summed E-state index contributed by atoms with van der Waals surface area (Å²) in [5.74, 6) is 0.208. The monoisotopic (exact) mass is 299 g/mol. The molecule has 0 N–H and O–H groups in total. The summed E-state index contributed by atoms with van der Waals surface area (Å²) in [6, 6.07) is 12.5. The molecule has 0 radical (unpaired) electrons. The van der Waals surface area contributed by atoms with E-state index in [0.717, 1.165) is 5.56 Å². The zero-order valence-electron chi connectivity index (χ0n) is 13.2. The molecule has 5 nitrogen and oxygen atoms in total. The van der Waals surface area contributed by atoms with Crippen molar-refractivity contribution >= 4 is 5.91 Å². The number of aromatic nitrogens is 2. The van der Waals surface area contributed by atoms with Gasteiger partial charge in [0.25, 0.3) is 11.5 Å². The first-order chi connectivity index (χ1) is 10.5. The fraction of sp³-hybridized carbons (Fsp3) is 0.353. The Labute approximate surface area is 130 Å². The molecule has 0 saturated heterocycles. The summed E-state index contributed by atoms with van der Waals surface area (Å²) in [4.78, 5) is 25.9. The minimum absolute atomic E-state index is 0.171. The molecule has 0 aliphatic rings. The van der Waals surface area contributed by atoms with Crippen molar-refractivity contribution < 1.29 is 4.79 Å². The zero-order chi connectivity index (χ0) is 16.1. The predicted octanol–water partition coefficient (Wildman–Crippen LogP) is 2.02. The lowest BCUT2D eigenvalue weighted by Crippen LogP contribution is -2.33. The topological polar surface area (TPSA) is 55.2 Å². The first-order valence-corrected chi connectivity index (χ1v) is 7.35. The van der Waals surface area contributed by atoms with Gasteiger partial charge in [-0.3, -0.25) is 9.59 Å². The highest BCUT2D eigenvalue weighted by Crippen LogP contribution is 2.04. The average molecular weight is 299 g/mol. The second kappa shape index (κ2) is 7.02. The Bertz CT molecular complexity index is 693. The van der Waals surface area contributed by atoms with E-state index >= 15 is 0 Å². The first kappa shape index (κ1) is 15.9. The van der Waals surface area contributed by atoms with Gasteiger partial charge in [-0.2, -0.15) is 5.10 Å². The van der Waals surface area contributed by atoms with Gasteiger partial charge in [-0.1, -0.05) is 44.2 Å². The molecule has 0 bridgehead atoms. The molecule has 0 unspecified atom stereocenters. The van der Waals surface area contributed by atoms with Crippen LogP contribution in [0.15, 0.2) is 47.3 Å². The van der Waals surface area contributed by atoms with Gasteiger partial charge in [0.2, 0.25) is 0 Å². The molecule has 116 valence electrons. The molecular weight excluding hydrogens is 278 g/mol. The summed E-state index contributed by atoms with van der Waals surface area (Å²) in [6.45, 7) is 5.11. The highest BCUT2D eigenvalue weighted by molar-refractivity contribution is 5.91. The van der Waals surface area contributed by atoms with Crippen LogP contribution in [0.4, 0.5) is 0 Å². The fourth-order valence-electron chi connectivity index (χ4n) is 2.26. The largest absolute Gasteiger partial charge is 0.340 e. The number of carbonyl (C=O) groups is 1. The summed E-state index contributed by atoms with van der Waals surface area (Å²) in [7, 11) is 1.75. The molecule has 5 heteroatoms. The molecule has 0 spiro atoms. The Kier molecular flexibility index (Phi) is 5.09. The third kappa shape index (κ3) is 4.04. The lowest BCUT2D eigenvalue weighted by molar-refractivity contribution is 0.0770. The van der Waals surface area contributed by atoms with Crippen LogP contribution >= 0.6 is 0 Å². The molecule has 0 fully saturated rings. The van der Waals surface area contributed by atoms with Crippen LogP contribution in [0.25, 0.3) is 0 Å². The third-order valence-corrected chi connectivity index (χ3v) is 3.25. The highest BCUT2D eigenvalue weighted by Gasteiger charge is 2.15. The van der Waals surface area contributed by atoms with Crippen LogP contribution in [0.3, 0.4) is 0 Å². The van der Waals surface area contributed by atoms with E-state index in [2.05, 4.69) is 5.10 Å². The van der Waals surface area contributed by atoms with Crippen molar-refractivity contribution in [3.63, 3.8) is 0 Å². The lowest BCUT2D eigenvalue weighted by Gasteiger charge is -2.19.